The summed E-state index contributed by atoms with van der Waals surface area (Å²) in [5, 5.41) is 21.5. The summed E-state index contributed by atoms with van der Waals surface area (Å²) in [5.41, 5.74) is 3.54. The van der Waals surface area contributed by atoms with Crippen molar-refractivity contribution in [1.29, 1.82) is 0 Å². The molecule has 0 spiro atoms. The van der Waals surface area contributed by atoms with Gasteiger partial charge in [-0.3, -0.25) is 5.10 Å². The molecule has 8 nitrogen and oxygen atoms in total. The summed E-state index contributed by atoms with van der Waals surface area (Å²) < 4.78 is 12.2. The van der Waals surface area contributed by atoms with Crippen LogP contribution >= 0.6 is 11.3 Å². The molecular formula is C20H16N6O2S. The predicted octanol–water partition coefficient (Wildman–Crippen LogP) is 3.93. The molecule has 0 saturated heterocycles. The van der Waals surface area contributed by atoms with Gasteiger partial charge >= 0.3 is 0 Å². The summed E-state index contributed by atoms with van der Waals surface area (Å²) in [6.07, 6.45) is 0. The number of H-pyrrole nitrogens is 1. The minimum Gasteiger partial charge on any atom is -0.497 e. The average molecular weight is 404 g/mol. The van der Waals surface area contributed by atoms with Crippen molar-refractivity contribution in [2.24, 2.45) is 0 Å². The van der Waals surface area contributed by atoms with Crippen molar-refractivity contribution in [2.75, 3.05) is 14.2 Å². The third-order valence-corrected chi connectivity index (χ3v) is 5.44. The molecule has 0 aliphatic rings. The molecule has 2 aromatic carbocycles. The zero-order valence-corrected chi connectivity index (χ0v) is 16.5. The van der Waals surface area contributed by atoms with Crippen LogP contribution in [-0.4, -0.2) is 44.2 Å². The minimum absolute atomic E-state index is 0.663. The highest BCUT2D eigenvalue weighted by atomic mass is 32.1. The number of rotatable bonds is 5. The summed E-state index contributed by atoms with van der Waals surface area (Å²) >= 11 is 1.45. The first-order chi connectivity index (χ1) is 14.2. The molecule has 5 rings (SSSR count). The van der Waals surface area contributed by atoms with Gasteiger partial charge in [0.15, 0.2) is 10.8 Å². The highest BCUT2D eigenvalue weighted by Gasteiger charge is 2.16. The second kappa shape index (κ2) is 7.02. The quantitative estimate of drug-likeness (QED) is 0.477. The number of hydrogen-bond acceptors (Lipinski definition) is 7. The van der Waals surface area contributed by atoms with Crippen LogP contribution in [0.2, 0.25) is 0 Å². The lowest BCUT2D eigenvalue weighted by molar-refractivity contribution is 0.415. The summed E-state index contributed by atoms with van der Waals surface area (Å²) in [7, 11) is 3.28. The molecule has 0 bridgehead atoms. The molecule has 3 aromatic heterocycles. The van der Waals surface area contributed by atoms with Crippen molar-refractivity contribution in [3.05, 3.63) is 54.6 Å². The summed E-state index contributed by atoms with van der Waals surface area (Å²) in [6.45, 7) is 0. The Balaban J connectivity index is 1.50. The summed E-state index contributed by atoms with van der Waals surface area (Å²) in [5.74, 6) is 2.23. The largest absolute Gasteiger partial charge is 0.497 e. The molecule has 0 amide bonds. The molecule has 0 fully saturated rings. The summed E-state index contributed by atoms with van der Waals surface area (Å²) in [4.78, 5) is 0.707. The fourth-order valence-corrected chi connectivity index (χ4v) is 3.81. The Hall–Kier alpha value is -3.72. The predicted molar refractivity (Wildman–Crippen MR) is 110 cm³/mol. The van der Waals surface area contributed by atoms with Gasteiger partial charge in [-0.05, 0) is 42.5 Å². The van der Waals surface area contributed by atoms with E-state index in [-0.39, 0.29) is 0 Å². The number of benzene rings is 2. The SMILES string of the molecule is COc1ccc(-c2cc(-c3nn4c(-c5cccc(OC)c5)nnc4s3)[nH]n2)cc1. The van der Waals surface area contributed by atoms with E-state index in [1.54, 1.807) is 18.7 Å². The van der Waals surface area contributed by atoms with Crippen LogP contribution in [0.4, 0.5) is 0 Å². The number of methoxy groups -OCH3 is 2. The first kappa shape index (κ1) is 17.4. The topological polar surface area (TPSA) is 90.2 Å². The lowest BCUT2D eigenvalue weighted by Gasteiger charge is -2.01. The van der Waals surface area contributed by atoms with Crippen LogP contribution in [0.5, 0.6) is 11.5 Å². The van der Waals surface area contributed by atoms with Crippen LogP contribution in [-0.2, 0) is 0 Å². The average Bonchev–Trinajstić information content (AvgIpc) is 3.49. The maximum atomic E-state index is 5.30. The number of ether oxygens (including phenoxy) is 2. The lowest BCUT2D eigenvalue weighted by Crippen LogP contribution is -1.92. The van der Waals surface area contributed by atoms with Crippen LogP contribution in [0, 0.1) is 0 Å². The van der Waals surface area contributed by atoms with E-state index in [1.165, 1.54) is 11.3 Å². The van der Waals surface area contributed by atoms with Crippen molar-refractivity contribution < 1.29 is 9.47 Å². The minimum atomic E-state index is 0.663. The van der Waals surface area contributed by atoms with Crippen LogP contribution in [0.25, 0.3) is 38.3 Å². The van der Waals surface area contributed by atoms with Crippen LogP contribution < -0.4 is 9.47 Å². The van der Waals surface area contributed by atoms with Crippen LogP contribution in [0.3, 0.4) is 0 Å². The van der Waals surface area contributed by atoms with Crippen LogP contribution in [0.1, 0.15) is 0 Å². The molecule has 144 valence electrons. The third kappa shape index (κ3) is 3.11. The van der Waals surface area contributed by atoms with Gasteiger partial charge in [-0.15, -0.1) is 10.2 Å². The van der Waals surface area contributed by atoms with E-state index in [2.05, 4.69) is 25.5 Å². The molecule has 0 unspecified atom stereocenters. The van der Waals surface area contributed by atoms with Gasteiger partial charge in [0.2, 0.25) is 4.96 Å². The summed E-state index contributed by atoms with van der Waals surface area (Å²) in [6, 6.07) is 17.4. The standard InChI is InChI=1S/C20H16N6O2S/c1-27-14-8-6-12(7-9-14)16-11-17(22-21-16)19-25-26-18(23-24-20(26)29-19)13-4-3-5-15(10-13)28-2/h3-11H,1-2H3,(H,21,22). The van der Waals surface area contributed by atoms with Gasteiger partial charge in [-0.25, -0.2) is 0 Å². The molecule has 9 heteroatoms. The smallest absolute Gasteiger partial charge is 0.235 e. The fourth-order valence-electron chi connectivity index (χ4n) is 3.01. The molecule has 1 N–H and O–H groups in total. The molecule has 3 heterocycles. The van der Waals surface area contributed by atoms with Crippen LogP contribution in [0.15, 0.2) is 54.6 Å². The Morgan fingerprint density at radius 3 is 2.52 bits per heavy atom. The number of fused-ring (bicyclic) bond motifs is 1. The van der Waals surface area contributed by atoms with Gasteiger partial charge in [-0.2, -0.15) is 14.7 Å². The van der Waals surface area contributed by atoms with Gasteiger partial charge in [-0.1, -0.05) is 23.5 Å². The number of hydrogen-bond donors (Lipinski definition) is 1. The number of nitrogens with zero attached hydrogens (tertiary/aromatic N) is 5. The highest BCUT2D eigenvalue weighted by Crippen LogP contribution is 2.30. The first-order valence-electron chi connectivity index (χ1n) is 8.82. The Morgan fingerprint density at radius 1 is 0.897 bits per heavy atom. The number of aromatic amines is 1. The van der Waals surface area contributed by atoms with E-state index in [4.69, 9.17) is 9.47 Å². The monoisotopic (exact) mass is 404 g/mol. The molecule has 0 aliphatic heterocycles. The Morgan fingerprint density at radius 2 is 1.72 bits per heavy atom. The van der Waals surface area contributed by atoms with Crippen molar-refractivity contribution in [1.82, 2.24) is 30.0 Å². The fraction of sp³-hybridized carbons (Fsp3) is 0.100. The van der Waals surface area contributed by atoms with E-state index < -0.39 is 0 Å². The first-order valence-corrected chi connectivity index (χ1v) is 9.63. The molecule has 5 aromatic rings. The van der Waals surface area contributed by atoms with Crippen molar-refractivity contribution >= 4 is 16.3 Å². The maximum absolute atomic E-state index is 5.30. The Kier molecular flexibility index (Phi) is 4.21. The normalized spacial score (nSPS) is 11.1. The maximum Gasteiger partial charge on any atom is 0.235 e. The Labute approximate surface area is 169 Å². The molecule has 0 saturated carbocycles. The second-order valence-corrected chi connectivity index (χ2v) is 7.21. The van der Waals surface area contributed by atoms with Crippen molar-refractivity contribution in [2.45, 2.75) is 0 Å². The van der Waals surface area contributed by atoms with Gasteiger partial charge in [0.25, 0.3) is 0 Å². The van der Waals surface area contributed by atoms with E-state index in [1.807, 2.05) is 54.6 Å². The van der Waals surface area contributed by atoms with Gasteiger partial charge < -0.3 is 9.47 Å². The molecule has 0 atom stereocenters. The lowest BCUT2D eigenvalue weighted by atomic mass is 10.1. The Bertz CT molecular complexity index is 1290. The molecule has 29 heavy (non-hydrogen) atoms. The second-order valence-electron chi connectivity index (χ2n) is 6.25. The van der Waals surface area contributed by atoms with Crippen molar-refractivity contribution in [3.8, 4) is 44.8 Å². The highest BCUT2D eigenvalue weighted by molar-refractivity contribution is 7.19. The van der Waals surface area contributed by atoms with E-state index in [9.17, 15) is 0 Å². The van der Waals surface area contributed by atoms with Gasteiger partial charge in [0.1, 0.15) is 11.5 Å². The van der Waals surface area contributed by atoms with Gasteiger partial charge in [0.05, 0.1) is 25.6 Å². The molecule has 0 radical (unpaired) electrons. The number of nitrogens with one attached hydrogen (secondary N) is 1. The molecular weight excluding hydrogens is 388 g/mol. The zero-order valence-electron chi connectivity index (χ0n) is 15.7. The number of aromatic nitrogens is 6. The van der Waals surface area contributed by atoms with Crippen molar-refractivity contribution in [3.63, 3.8) is 0 Å². The third-order valence-electron chi connectivity index (χ3n) is 4.51. The molecule has 0 aliphatic carbocycles. The van der Waals surface area contributed by atoms with Gasteiger partial charge in [0, 0.05) is 11.1 Å². The van der Waals surface area contributed by atoms with E-state index in [0.29, 0.717) is 10.8 Å². The van der Waals surface area contributed by atoms with E-state index >= 15 is 0 Å². The van der Waals surface area contributed by atoms with E-state index in [0.717, 1.165) is 39.0 Å². The zero-order chi connectivity index (χ0) is 19.8.